The molecule has 0 aliphatic carbocycles. The molecule has 0 fully saturated rings. The summed E-state index contributed by atoms with van der Waals surface area (Å²) in [5, 5.41) is 16.7. The second-order valence-corrected chi connectivity index (χ2v) is 1.30. The number of nitrogens with one attached hydrogen (secondary N) is 1. The van der Waals surface area contributed by atoms with E-state index < -0.39 is 0 Å². The number of rotatable bonds is 0. The van der Waals surface area contributed by atoms with Gasteiger partial charge in [0.1, 0.15) is 6.33 Å². The molecule has 2 rings (SSSR count). The quantitative estimate of drug-likeness (QED) is 0.464. The molecule has 2 aromatic rings. The summed E-state index contributed by atoms with van der Waals surface area (Å²) in [6.45, 7) is 0. The fourth-order valence-corrected chi connectivity index (χ4v) is 0.483. The zero-order chi connectivity index (χ0) is 5.40. The molecule has 0 radical (unpaired) electrons. The fourth-order valence-electron chi connectivity index (χ4n) is 0.483. The van der Waals surface area contributed by atoms with Crippen LogP contribution in [-0.4, -0.2) is 30.2 Å². The molecule has 0 bridgehead atoms. The summed E-state index contributed by atoms with van der Waals surface area (Å²) in [7, 11) is 0. The zero-order valence-corrected chi connectivity index (χ0v) is 3.81. The second kappa shape index (κ2) is 1.03. The lowest BCUT2D eigenvalue weighted by molar-refractivity contribution is 0.813. The molecule has 2 heterocycles. The highest BCUT2D eigenvalue weighted by atomic mass is 15.6. The Hall–Kier alpha value is -1.46. The smallest absolute Gasteiger partial charge is 0.191 e. The average Bonchev–Trinajstić information content (AvgIpc) is 2.15. The second-order valence-electron chi connectivity index (χ2n) is 1.30. The highest BCUT2D eigenvalue weighted by molar-refractivity contribution is 5.17. The SMILES string of the molecule is c1nnc2nn[nH]n12. The van der Waals surface area contributed by atoms with E-state index in [-0.39, 0.29) is 0 Å². The first-order chi connectivity index (χ1) is 3.97. The molecule has 2 aromatic heterocycles. The van der Waals surface area contributed by atoms with Gasteiger partial charge in [0.05, 0.1) is 0 Å². The van der Waals surface area contributed by atoms with Crippen LogP contribution >= 0.6 is 0 Å². The Labute approximate surface area is 43.5 Å². The van der Waals surface area contributed by atoms with E-state index in [2.05, 4.69) is 25.7 Å². The molecule has 0 amide bonds. The maximum atomic E-state index is 3.59. The molecule has 0 unspecified atom stereocenters. The molecule has 0 aliphatic heterocycles. The van der Waals surface area contributed by atoms with Crippen molar-refractivity contribution in [3.8, 4) is 0 Å². The molecule has 40 valence electrons. The topological polar surface area (TPSA) is 71.8 Å². The summed E-state index contributed by atoms with van der Waals surface area (Å²) in [6, 6.07) is 0. The van der Waals surface area contributed by atoms with Crippen LogP contribution in [0.1, 0.15) is 0 Å². The van der Waals surface area contributed by atoms with Gasteiger partial charge in [0.25, 0.3) is 5.78 Å². The van der Waals surface area contributed by atoms with Gasteiger partial charge in [0, 0.05) is 0 Å². The van der Waals surface area contributed by atoms with Crippen LogP contribution < -0.4 is 0 Å². The Morgan fingerprint density at radius 1 is 1.50 bits per heavy atom. The van der Waals surface area contributed by atoms with Gasteiger partial charge in [0.15, 0.2) is 0 Å². The lowest BCUT2D eigenvalue weighted by Gasteiger charge is -1.66. The summed E-state index contributed by atoms with van der Waals surface area (Å²) in [5.74, 6) is 0.491. The fraction of sp³-hybridized carbons (Fsp3) is 0. The standard InChI is InChI=1S/C2H2N6/c1-3-4-2-5-6-7-8(1)2/h1H,(H,4,5,7). The normalized spacial score (nSPS) is 10.5. The van der Waals surface area contributed by atoms with E-state index in [9.17, 15) is 0 Å². The van der Waals surface area contributed by atoms with Gasteiger partial charge in [-0.15, -0.1) is 10.2 Å². The molecule has 8 heavy (non-hydrogen) atoms. The van der Waals surface area contributed by atoms with Crippen molar-refractivity contribution in [3.05, 3.63) is 6.33 Å². The van der Waals surface area contributed by atoms with Gasteiger partial charge in [-0.05, 0) is 5.21 Å². The van der Waals surface area contributed by atoms with Crippen LogP contribution in [0.3, 0.4) is 0 Å². The number of hydrogen-bond acceptors (Lipinski definition) is 4. The van der Waals surface area contributed by atoms with Crippen LogP contribution in [0.25, 0.3) is 5.78 Å². The molecular formula is C2H2N6. The number of hydrogen-bond donors (Lipinski definition) is 1. The van der Waals surface area contributed by atoms with Gasteiger partial charge in [-0.25, -0.2) is 0 Å². The van der Waals surface area contributed by atoms with Crippen molar-refractivity contribution in [1.29, 1.82) is 0 Å². The van der Waals surface area contributed by atoms with Crippen LogP contribution in [0.2, 0.25) is 0 Å². The maximum Gasteiger partial charge on any atom is 0.291 e. The lowest BCUT2D eigenvalue weighted by Crippen LogP contribution is -1.78. The van der Waals surface area contributed by atoms with Gasteiger partial charge in [0.2, 0.25) is 0 Å². The molecule has 0 saturated carbocycles. The Morgan fingerprint density at radius 2 is 2.50 bits per heavy atom. The van der Waals surface area contributed by atoms with Crippen molar-refractivity contribution in [2.45, 2.75) is 0 Å². The minimum absolute atomic E-state index is 0.491. The van der Waals surface area contributed by atoms with Crippen molar-refractivity contribution in [3.63, 3.8) is 0 Å². The highest BCUT2D eigenvalue weighted by Gasteiger charge is 1.92. The predicted molar refractivity (Wildman–Crippen MR) is 22.9 cm³/mol. The Balaban J connectivity index is 3.06. The third-order valence-electron chi connectivity index (χ3n) is 0.822. The molecule has 6 heteroatoms. The van der Waals surface area contributed by atoms with Gasteiger partial charge in [-0.2, -0.15) is 9.73 Å². The van der Waals surface area contributed by atoms with Gasteiger partial charge in [-0.3, -0.25) is 0 Å². The van der Waals surface area contributed by atoms with E-state index in [1.165, 1.54) is 10.8 Å². The van der Waals surface area contributed by atoms with Crippen LogP contribution in [0.15, 0.2) is 6.33 Å². The monoisotopic (exact) mass is 110 g/mol. The van der Waals surface area contributed by atoms with Crippen LogP contribution in [0.4, 0.5) is 0 Å². The minimum atomic E-state index is 0.491. The van der Waals surface area contributed by atoms with E-state index in [1.54, 1.807) is 0 Å². The third kappa shape index (κ3) is 0.269. The molecule has 1 N–H and O–H groups in total. The summed E-state index contributed by atoms with van der Waals surface area (Å²) in [6.07, 6.45) is 1.50. The van der Waals surface area contributed by atoms with E-state index in [0.717, 1.165) is 0 Å². The summed E-state index contributed by atoms with van der Waals surface area (Å²) in [4.78, 5) is 0. The van der Waals surface area contributed by atoms with Gasteiger partial charge < -0.3 is 0 Å². The molecule has 0 saturated heterocycles. The van der Waals surface area contributed by atoms with Gasteiger partial charge in [-0.1, -0.05) is 5.10 Å². The number of nitrogens with zero attached hydrogens (tertiary/aromatic N) is 5. The molecule has 0 aliphatic rings. The van der Waals surface area contributed by atoms with Crippen molar-refractivity contribution in [2.75, 3.05) is 0 Å². The summed E-state index contributed by atoms with van der Waals surface area (Å²) >= 11 is 0. The Kier molecular flexibility index (Phi) is 0.454. The van der Waals surface area contributed by atoms with Crippen LogP contribution in [-0.2, 0) is 0 Å². The van der Waals surface area contributed by atoms with E-state index in [4.69, 9.17) is 0 Å². The van der Waals surface area contributed by atoms with E-state index >= 15 is 0 Å². The van der Waals surface area contributed by atoms with E-state index in [0.29, 0.717) is 5.78 Å². The molecule has 0 spiro atoms. The predicted octanol–water partition coefficient (Wildman–Crippen LogP) is -1.15. The maximum absolute atomic E-state index is 3.59. The first kappa shape index (κ1) is 3.53. The Bertz CT molecular complexity index is 228. The molecule has 0 aromatic carbocycles. The largest absolute Gasteiger partial charge is 0.291 e. The minimum Gasteiger partial charge on any atom is -0.191 e. The number of H-pyrrole nitrogens is 1. The zero-order valence-electron chi connectivity index (χ0n) is 3.81. The number of fused-ring (bicyclic) bond motifs is 1. The van der Waals surface area contributed by atoms with Crippen LogP contribution in [0.5, 0.6) is 0 Å². The van der Waals surface area contributed by atoms with Crippen molar-refractivity contribution in [2.24, 2.45) is 0 Å². The number of aromatic amines is 1. The van der Waals surface area contributed by atoms with E-state index in [1.807, 2.05) is 0 Å². The number of aromatic nitrogens is 6. The number of tetrazole rings is 1. The molecule has 0 atom stereocenters. The molecular weight excluding hydrogens is 108 g/mol. The average molecular weight is 110 g/mol. The van der Waals surface area contributed by atoms with Gasteiger partial charge >= 0.3 is 0 Å². The van der Waals surface area contributed by atoms with Crippen LogP contribution in [0, 0.1) is 0 Å². The highest BCUT2D eigenvalue weighted by Crippen LogP contribution is 1.82. The Morgan fingerprint density at radius 3 is 3.38 bits per heavy atom. The summed E-state index contributed by atoms with van der Waals surface area (Å²) < 4.78 is 1.51. The first-order valence-electron chi connectivity index (χ1n) is 2.03. The molecule has 6 nitrogen and oxygen atoms in total. The summed E-state index contributed by atoms with van der Waals surface area (Å²) in [5.41, 5.74) is 0. The first-order valence-corrected chi connectivity index (χ1v) is 2.03. The lowest BCUT2D eigenvalue weighted by atomic mass is 11.2. The third-order valence-corrected chi connectivity index (χ3v) is 0.822. The van der Waals surface area contributed by atoms with Crippen molar-refractivity contribution >= 4 is 5.78 Å². The van der Waals surface area contributed by atoms with Crippen molar-refractivity contribution < 1.29 is 0 Å². The van der Waals surface area contributed by atoms with Crippen molar-refractivity contribution in [1.82, 2.24) is 30.2 Å².